The molecule has 0 N–H and O–H groups in total. The molecule has 0 fully saturated rings. The average Bonchev–Trinajstić information content (AvgIpc) is 3.12. The maximum atomic E-state index is 13.4. The first-order valence-corrected chi connectivity index (χ1v) is 10.8. The number of non-ortho nitro benzene ring substituents is 1. The minimum absolute atomic E-state index is 0.0735. The van der Waals surface area contributed by atoms with Crippen LogP contribution in [0.15, 0.2) is 88.9 Å². The van der Waals surface area contributed by atoms with E-state index >= 15 is 0 Å². The first kappa shape index (κ1) is 21.5. The fraction of sp³-hybridized carbons (Fsp3) is 0.0800. The molecular formula is C25H19BrN2O4. The Morgan fingerprint density at radius 2 is 1.84 bits per heavy atom. The lowest BCUT2D eigenvalue weighted by atomic mass is 10.1. The molecule has 0 atom stereocenters. The Labute approximate surface area is 193 Å². The summed E-state index contributed by atoms with van der Waals surface area (Å²) in [6.07, 6.45) is 3.60. The number of nitro benzene ring substituents is 1. The van der Waals surface area contributed by atoms with Crippen LogP contribution in [0.3, 0.4) is 0 Å². The van der Waals surface area contributed by atoms with Gasteiger partial charge in [0.15, 0.2) is 0 Å². The molecule has 160 valence electrons. The third kappa shape index (κ3) is 4.33. The maximum Gasteiger partial charge on any atom is 0.271 e. The Kier molecular flexibility index (Phi) is 6.18. The van der Waals surface area contributed by atoms with E-state index in [1.54, 1.807) is 24.3 Å². The Morgan fingerprint density at radius 3 is 2.53 bits per heavy atom. The number of benzene rings is 3. The van der Waals surface area contributed by atoms with Crippen molar-refractivity contribution >= 4 is 45.0 Å². The van der Waals surface area contributed by atoms with Crippen LogP contribution in [0.1, 0.15) is 18.1 Å². The Hall–Kier alpha value is -3.71. The molecule has 1 amide bonds. The van der Waals surface area contributed by atoms with E-state index in [1.165, 1.54) is 17.0 Å². The van der Waals surface area contributed by atoms with Crippen LogP contribution in [-0.4, -0.2) is 17.4 Å². The highest BCUT2D eigenvalue weighted by molar-refractivity contribution is 9.10. The molecule has 0 saturated carbocycles. The van der Waals surface area contributed by atoms with Gasteiger partial charge in [-0.25, -0.2) is 0 Å². The van der Waals surface area contributed by atoms with E-state index in [9.17, 15) is 14.9 Å². The summed E-state index contributed by atoms with van der Waals surface area (Å²) in [5.41, 5.74) is 3.17. The van der Waals surface area contributed by atoms with Gasteiger partial charge in [0.2, 0.25) is 0 Å². The molecule has 0 aliphatic carbocycles. The van der Waals surface area contributed by atoms with Crippen LogP contribution >= 0.6 is 15.9 Å². The molecule has 1 aliphatic heterocycles. The lowest BCUT2D eigenvalue weighted by Crippen LogP contribution is -2.25. The van der Waals surface area contributed by atoms with Gasteiger partial charge in [0.1, 0.15) is 5.75 Å². The third-order valence-electron chi connectivity index (χ3n) is 4.93. The molecule has 3 aromatic carbocycles. The summed E-state index contributed by atoms with van der Waals surface area (Å²) in [7, 11) is 0. The van der Waals surface area contributed by atoms with Gasteiger partial charge in [0, 0.05) is 17.7 Å². The molecule has 0 spiro atoms. The zero-order valence-electron chi connectivity index (χ0n) is 17.2. The normalized spacial score (nSPS) is 14.6. The van der Waals surface area contributed by atoms with Crippen molar-refractivity contribution in [3.8, 4) is 5.75 Å². The SMILES string of the molecule is CCOc1ccc(/C=C2\C=C(c3ccccc3)N(c3cccc([N+](=O)[O-])c3)C2=O)cc1Br. The number of hydrogen-bond acceptors (Lipinski definition) is 4. The smallest absolute Gasteiger partial charge is 0.271 e. The van der Waals surface area contributed by atoms with Gasteiger partial charge in [0.05, 0.1) is 27.4 Å². The summed E-state index contributed by atoms with van der Waals surface area (Å²) >= 11 is 3.50. The van der Waals surface area contributed by atoms with Gasteiger partial charge in [0.25, 0.3) is 11.6 Å². The molecule has 0 saturated heterocycles. The quantitative estimate of drug-likeness (QED) is 0.233. The number of hydrogen-bond donors (Lipinski definition) is 0. The van der Waals surface area contributed by atoms with E-state index in [1.807, 2.05) is 55.5 Å². The molecule has 0 aromatic heterocycles. The molecule has 1 heterocycles. The number of anilines is 1. The zero-order valence-corrected chi connectivity index (χ0v) is 18.8. The number of nitrogens with zero attached hydrogens (tertiary/aromatic N) is 2. The van der Waals surface area contributed by atoms with E-state index in [4.69, 9.17) is 4.74 Å². The van der Waals surface area contributed by atoms with Crippen LogP contribution in [-0.2, 0) is 4.79 Å². The van der Waals surface area contributed by atoms with Crippen molar-refractivity contribution < 1.29 is 14.5 Å². The summed E-state index contributed by atoms with van der Waals surface area (Å²) < 4.78 is 6.35. The van der Waals surface area contributed by atoms with E-state index in [-0.39, 0.29) is 11.6 Å². The van der Waals surface area contributed by atoms with E-state index in [2.05, 4.69) is 15.9 Å². The first-order valence-electron chi connectivity index (χ1n) is 9.98. The molecule has 4 rings (SSSR count). The largest absolute Gasteiger partial charge is 0.493 e. The number of carbonyl (C=O) groups excluding carboxylic acids is 1. The molecule has 0 radical (unpaired) electrons. The van der Waals surface area contributed by atoms with Crippen LogP contribution in [0.2, 0.25) is 0 Å². The average molecular weight is 491 g/mol. The van der Waals surface area contributed by atoms with Crippen LogP contribution in [0.5, 0.6) is 5.75 Å². The first-order chi connectivity index (χ1) is 15.5. The van der Waals surface area contributed by atoms with Crippen LogP contribution in [0.4, 0.5) is 11.4 Å². The van der Waals surface area contributed by atoms with E-state index in [0.717, 1.165) is 21.3 Å². The number of ether oxygens (including phenoxy) is 1. The highest BCUT2D eigenvalue weighted by atomic mass is 79.9. The number of halogens is 1. The molecule has 6 nitrogen and oxygen atoms in total. The number of nitro groups is 1. The van der Waals surface area contributed by atoms with Gasteiger partial charge < -0.3 is 4.74 Å². The number of carbonyl (C=O) groups is 1. The van der Waals surface area contributed by atoms with Crippen molar-refractivity contribution in [2.75, 3.05) is 11.5 Å². The van der Waals surface area contributed by atoms with Gasteiger partial charge in [-0.1, -0.05) is 42.5 Å². The summed E-state index contributed by atoms with van der Waals surface area (Å²) in [5, 5.41) is 11.3. The topological polar surface area (TPSA) is 72.7 Å². The predicted octanol–water partition coefficient (Wildman–Crippen LogP) is 6.23. The van der Waals surface area contributed by atoms with Gasteiger partial charge >= 0.3 is 0 Å². The predicted molar refractivity (Wildman–Crippen MR) is 128 cm³/mol. The second kappa shape index (κ2) is 9.20. The Balaban J connectivity index is 1.79. The number of rotatable bonds is 6. The summed E-state index contributed by atoms with van der Waals surface area (Å²) in [4.78, 5) is 25.7. The van der Waals surface area contributed by atoms with Gasteiger partial charge in [-0.05, 0) is 64.3 Å². The van der Waals surface area contributed by atoms with Gasteiger partial charge in [-0.3, -0.25) is 19.8 Å². The fourth-order valence-corrected chi connectivity index (χ4v) is 4.01. The van der Waals surface area contributed by atoms with Crippen molar-refractivity contribution in [1.82, 2.24) is 0 Å². The van der Waals surface area contributed by atoms with Crippen molar-refractivity contribution in [3.05, 3.63) is 110 Å². The van der Waals surface area contributed by atoms with Crippen LogP contribution in [0, 0.1) is 10.1 Å². The standard InChI is InChI=1S/C25H19BrN2O4/c1-2-32-24-12-11-17(14-22(24)26)13-19-15-23(18-7-4-3-5-8-18)27(25(19)29)20-9-6-10-21(16-20)28(30)31/h3-16H,2H2,1H3/b19-13+. The Bertz CT molecular complexity index is 1250. The highest BCUT2D eigenvalue weighted by Gasteiger charge is 2.31. The van der Waals surface area contributed by atoms with Crippen molar-refractivity contribution in [3.63, 3.8) is 0 Å². The third-order valence-corrected chi connectivity index (χ3v) is 5.55. The molecule has 32 heavy (non-hydrogen) atoms. The van der Waals surface area contributed by atoms with Crippen molar-refractivity contribution in [1.29, 1.82) is 0 Å². The molecule has 0 bridgehead atoms. The lowest BCUT2D eigenvalue weighted by molar-refractivity contribution is -0.384. The monoisotopic (exact) mass is 490 g/mol. The summed E-state index contributed by atoms with van der Waals surface area (Å²) in [5.74, 6) is 0.473. The van der Waals surface area contributed by atoms with Gasteiger partial charge in [-0.15, -0.1) is 0 Å². The second-order valence-electron chi connectivity index (χ2n) is 7.04. The molecule has 0 unspecified atom stereocenters. The lowest BCUT2D eigenvalue weighted by Gasteiger charge is -2.20. The van der Waals surface area contributed by atoms with Crippen molar-refractivity contribution in [2.24, 2.45) is 0 Å². The van der Waals surface area contributed by atoms with E-state index in [0.29, 0.717) is 23.6 Å². The number of amides is 1. The maximum absolute atomic E-state index is 13.4. The Morgan fingerprint density at radius 1 is 1.06 bits per heavy atom. The van der Waals surface area contributed by atoms with Gasteiger partial charge in [-0.2, -0.15) is 0 Å². The van der Waals surface area contributed by atoms with Crippen LogP contribution < -0.4 is 9.64 Å². The zero-order chi connectivity index (χ0) is 22.7. The van der Waals surface area contributed by atoms with Crippen molar-refractivity contribution in [2.45, 2.75) is 6.92 Å². The highest BCUT2D eigenvalue weighted by Crippen LogP contribution is 2.37. The minimum atomic E-state index is -0.468. The molecule has 1 aliphatic rings. The van der Waals surface area contributed by atoms with Crippen LogP contribution in [0.25, 0.3) is 11.8 Å². The van der Waals surface area contributed by atoms with E-state index < -0.39 is 4.92 Å². The second-order valence-corrected chi connectivity index (χ2v) is 7.89. The molecule has 7 heteroatoms. The summed E-state index contributed by atoms with van der Waals surface area (Å²) in [6, 6.07) is 21.2. The summed E-state index contributed by atoms with van der Waals surface area (Å²) in [6.45, 7) is 2.47. The molecule has 3 aromatic rings. The molecular weight excluding hydrogens is 472 g/mol. The fourth-order valence-electron chi connectivity index (χ4n) is 3.50. The minimum Gasteiger partial charge on any atom is -0.493 e.